The third-order valence-electron chi connectivity index (χ3n) is 4.23. The number of nitrogen functional groups attached to an aromatic ring is 1. The van der Waals surface area contributed by atoms with Gasteiger partial charge < -0.3 is 16.0 Å². The molecule has 0 aliphatic carbocycles. The molecule has 8 nitrogen and oxygen atoms in total. The summed E-state index contributed by atoms with van der Waals surface area (Å²) in [5, 5.41) is 2.79. The minimum Gasteiger partial charge on any atom is -0.368 e. The smallest absolute Gasteiger partial charge is 0.234 e. The number of anilines is 1. The van der Waals surface area contributed by atoms with E-state index in [4.69, 9.17) is 5.73 Å². The summed E-state index contributed by atoms with van der Waals surface area (Å²) in [5.41, 5.74) is 7.97. The standard InChI is InChI=1S/C16H26N6O2/c1-4-18-14(23)10-21-5-7-22(8-6-21)15(24)9-13-11(2)19-16(17)20-12(13)3/h4-10H2,1-3H3,(H,18,23)(H2,17,19,20). The first-order chi connectivity index (χ1) is 11.4. The minimum atomic E-state index is 0.0301. The van der Waals surface area contributed by atoms with Crippen LogP contribution in [0.2, 0.25) is 0 Å². The third-order valence-corrected chi connectivity index (χ3v) is 4.23. The Bertz CT molecular complexity index is 588. The summed E-state index contributed by atoms with van der Waals surface area (Å²) in [6.45, 7) is 9.30. The number of piperazine rings is 1. The average molecular weight is 334 g/mol. The van der Waals surface area contributed by atoms with Crippen molar-refractivity contribution in [1.82, 2.24) is 25.1 Å². The third kappa shape index (κ3) is 4.64. The molecule has 132 valence electrons. The van der Waals surface area contributed by atoms with Gasteiger partial charge in [-0.25, -0.2) is 9.97 Å². The molecule has 1 aliphatic rings. The van der Waals surface area contributed by atoms with Crippen LogP contribution in [0.4, 0.5) is 5.95 Å². The molecular formula is C16H26N6O2. The molecule has 1 aromatic heterocycles. The predicted molar refractivity (Wildman–Crippen MR) is 91.3 cm³/mol. The van der Waals surface area contributed by atoms with Crippen LogP contribution >= 0.6 is 0 Å². The van der Waals surface area contributed by atoms with Crippen LogP contribution < -0.4 is 11.1 Å². The fourth-order valence-corrected chi connectivity index (χ4v) is 2.90. The molecule has 1 aliphatic heterocycles. The van der Waals surface area contributed by atoms with Gasteiger partial charge in [-0.1, -0.05) is 0 Å². The highest BCUT2D eigenvalue weighted by Crippen LogP contribution is 2.14. The normalized spacial score (nSPS) is 15.4. The number of likely N-dealkylation sites (N-methyl/N-ethyl adjacent to an activating group) is 1. The first-order valence-electron chi connectivity index (χ1n) is 8.27. The first-order valence-corrected chi connectivity index (χ1v) is 8.27. The Hall–Kier alpha value is -2.22. The zero-order valence-electron chi connectivity index (χ0n) is 14.6. The zero-order chi connectivity index (χ0) is 17.7. The molecule has 0 aromatic carbocycles. The fraction of sp³-hybridized carbons (Fsp3) is 0.625. The number of nitrogens with one attached hydrogen (secondary N) is 1. The molecular weight excluding hydrogens is 308 g/mol. The maximum absolute atomic E-state index is 12.5. The fourth-order valence-electron chi connectivity index (χ4n) is 2.90. The second kappa shape index (κ2) is 8.05. The van der Waals surface area contributed by atoms with Gasteiger partial charge in [-0.3, -0.25) is 14.5 Å². The van der Waals surface area contributed by atoms with Crippen molar-refractivity contribution in [2.75, 3.05) is 45.0 Å². The highest BCUT2D eigenvalue weighted by Gasteiger charge is 2.23. The molecule has 0 atom stereocenters. The highest BCUT2D eigenvalue weighted by molar-refractivity contribution is 5.80. The number of rotatable bonds is 5. The molecule has 1 saturated heterocycles. The van der Waals surface area contributed by atoms with Gasteiger partial charge in [0.1, 0.15) is 0 Å². The van der Waals surface area contributed by atoms with Crippen molar-refractivity contribution in [2.24, 2.45) is 0 Å². The molecule has 0 bridgehead atoms. The Kier molecular flexibility index (Phi) is 6.08. The van der Waals surface area contributed by atoms with E-state index >= 15 is 0 Å². The van der Waals surface area contributed by atoms with Gasteiger partial charge in [0.2, 0.25) is 17.8 Å². The van der Waals surface area contributed by atoms with Gasteiger partial charge in [0.15, 0.2) is 0 Å². The molecule has 0 spiro atoms. The van der Waals surface area contributed by atoms with Crippen LogP contribution in [0, 0.1) is 13.8 Å². The van der Waals surface area contributed by atoms with E-state index in [1.54, 1.807) is 0 Å². The van der Waals surface area contributed by atoms with Gasteiger partial charge in [-0.2, -0.15) is 0 Å². The zero-order valence-corrected chi connectivity index (χ0v) is 14.6. The van der Waals surface area contributed by atoms with Crippen molar-refractivity contribution in [3.8, 4) is 0 Å². The largest absolute Gasteiger partial charge is 0.368 e. The minimum absolute atomic E-state index is 0.0301. The van der Waals surface area contributed by atoms with Crippen LogP contribution in [0.1, 0.15) is 23.9 Å². The van der Waals surface area contributed by atoms with E-state index < -0.39 is 0 Å². The number of carbonyl (C=O) groups is 2. The van der Waals surface area contributed by atoms with Gasteiger partial charge >= 0.3 is 0 Å². The van der Waals surface area contributed by atoms with Crippen LogP contribution in [0.3, 0.4) is 0 Å². The topological polar surface area (TPSA) is 104 Å². The van der Waals surface area contributed by atoms with Gasteiger partial charge in [0.05, 0.1) is 13.0 Å². The van der Waals surface area contributed by atoms with E-state index in [1.807, 2.05) is 25.7 Å². The quantitative estimate of drug-likeness (QED) is 0.752. The molecule has 3 N–H and O–H groups in total. The van der Waals surface area contributed by atoms with E-state index in [0.717, 1.165) is 17.0 Å². The number of nitrogens with two attached hydrogens (primary N) is 1. The van der Waals surface area contributed by atoms with Crippen molar-refractivity contribution < 1.29 is 9.59 Å². The number of carbonyl (C=O) groups excluding carboxylic acids is 2. The van der Waals surface area contributed by atoms with Crippen LogP contribution in [0.25, 0.3) is 0 Å². The Morgan fingerprint density at radius 3 is 2.25 bits per heavy atom. The van der Waals surface area contributed by atoms with Crippen molar-refractivity contribution in [3.05, 3.63) is 17.0 Å². The van der Waals surface area contributed by atoms with Gasteiger partial charge in [-0.05, 0) is 20.8 Å². The molecule has 1 aromatic rings. The Balaban J connectivity index is 1.88. The lowest BCUT2D eigenvalue weighted by atomic mass is 10.1. The monoisotopic (exact) mass is 334 g/mol. The number of amides is 2. The van der Waals surface area contributed by atoms with Crippen molar-refractivity contribution >= 4 is 17.8 Å². The molecule has 2 heterocycles. The molecule has 0 radical (unpaired) electrons. The number of nitrogens with zero attached hydrogens (tertiary/aromatic N) is 4. The summed E-state index contributed by atoms with van der Waals surface area (Å²) in [5.74, 6) is 0.329. The molecule has 2 rings (SSSR count). The van der Waals surface area contributed by atoms with E-state index in [1.165, 1.54) is 0 Å². The Labute approximate surface area is 142 Å². The molecule has 0 unspecified atom stereocenters. The summed E-state index contributed by atoms with van der Waals surface area (Å²) in [7, 11) is 0. The van der Waals surface area contributed by atoms with Crippen LogP contribution in [-0.4, -0.2) is 70.9 Å². The highest BCUT2D eigenvalue weighted by atomic mass is 16.2. The SMILES string of the molecule is CCNC(=O)CN1CCN(C(=O)Cc2c(C)nc(N)nc2C)CC1. The van der Waals surface area contributed by atoms with Crippen LogP contribution in [0.15, 0.2) is 0 Å². The van der Waals surface area contributed by atoms with Crippen molar-refractivity contribution in [3.63, 3.8) is 0 Å². The van der Waals surface area contributed by atoms with Gasteiger partial charge in [0, 0.05) is 49.7 Å². The molecule has 2 amide bonds. The van der Waals surface area contributed by atoms with Crippen LogP contribution in [-0.2, 0) is 16.0 Å². The maximum atomic E-state index is 12.5. The van der Waals surface area contributed by atoms with Crippen molar-refractivity contribution in [2.45, 2.75) is 27.2 Å². The summed E-state index contributed by atoms with van der Waals surface area (Å²) in [6.07, 6.45) is 0.286. The van der Waals surface area contributed by atoms with Gasteiger partial charge in [0.25, 0.3) is 0 Å². The predicted octanol–water partition coefficient (Wildman–Crippen LogP) is -0.502. The lowest BCUT2D eigenvalue weighted by Gasteiger charge is -2.34. The Morgan fingerprint density at radius 1 is 1.12 bits per heavy atom. The molecule has 0 saturated carbocycles. The average Bonchev–Trinajstić information content (AvgIpc) is 2.51. The lowest BCUT2D eigenvalue weighted by molar-refractivity contribution is -0.132. The second-order valence-corrected chi connectivity index (χ2v) is 6.02. The Morgan fingerprint density at radius 2 is 1.71 bits per heavy atom. The van der Waals surface area contributed by atoms with E-state index in [2.05, 4.69) is 20.2 Å². The van der Waals surface area contributed by atoms with Crippen molar-refractivity contribution in [1.29, 1.82) is 0 Å². The molecule has 24 heavy (non-hydrogen) atoms. The summed E-state index contributed by atoms with van der Waals surface area (Å²) < 4.78 is 0. The lowest BCUT2D eigenvalue weighted by Crippen LogP contribution is -2.51. The maximum Gasteiger partial charge on any atom is 0.234 e. The number of hydrogen-bond acceptors (Lipinski definition) is 6. The molecule has 8 heteroatoms. The number of aryl methyl sites for hydroxylation is 2. The summed E-state index contributed by atoms with van der Waals surface area (Å²) in [4.78, 5) is 36.3. The number of aromatic nitrogens is 2. The number of hydrogen-bond donors (Lipinski definition) is 2. The van der Waals surface area contributed by atoms with E-state index in [0.29, 0.717) is 39.3 Å². The molecule has 1 fully saturated rings. The second-order valence-electron chi connectivity index (χ2n) is 6.02. The van der Waals surface area contributed by atoms with Gasteiger partial charge in [-0.15, -0.1) is 0 Å². The first kappa shape index (κ1) is 18.1. The van der Waals surface area contributed by atoms with E-state index in [-0.39, 0.29) is 24.2 Å². The van der Waals surface area contributed by atoms with E-state index in [9.17, 15) is 9.59 Å². The summed E-state index contributed by atoms with van der Waals surface area (Å²) in [6, 6.07) is 0. The summed E-state index contributed by atoms with van der Waals surface area (Å²) >= 11 is 0. The van der Waals surface area contributed by atoms with Crippen LogP contribution in [0.5, 0.6) is 0 Å².